The van der Waals surface area contributed by atoms with E-state index in [-0.39, 0.29) is 29.9 Å². The molecule has 0 bridgehead atoms. The summed E-state index contributed by atoms with van der Waals surface area (Å²) in [6, 6.07) is 11.5. The highest BCUT2D eigenvalue weighted by atomic mass is 127. The first kappa shape index (κ1) is 23.1. The van der Waals surface area contributed by atoms with Crippen molar-refractivity contribution in [3.63, 3.8) is 0 Å². The highest BCUT2D eigenvalue weighted by Gasteiger charge is 2.08. The van der Waals surface area contributed by atoms with Crippen LogP contribution >= 0.6 is 39.9 Å². The highest BCUT2D eigenvalue weighted by Crippen LogP contribution is 2.20. The number of rotatable bonds is 6. The van der Waals surface area contributed by atoms with Crippen LogP contribution in [-0.4, -0.2) is 40.1 Å². The molecule has 154 valence electrons. The number of nitrogens with zero attached hydrogens (tertiary/aromatic N) is 4. The van der Waals surface area contributed by atoms with Gasteiger partial charge in [0, 0.05) is 36.4 Å². The molecule has 2 heterocycles. The smallest absolute Gasteiger partial charge is 0.226 e. The molecule has 1 amide bonds. The van der Waals surface area contributed by atoms with Crippen molar-refractivity contribution in [2.45, 2.75) is 19.9 Å². The Balaban J connectivity index is 0.00000300. The van der Waals surface area contributed by atoms with Gasteiger partial charge >= 0.3 is 0 Å². The summed E-state index contributed by atoms with van der Waals surface area (Å²) in [6.07, 6.45) is 2.23. The number of hydrogen-bond acceptors (Lipinski definition) is 4. The van der Waals surface area contributed by atoms with Crippen LogP contribution < -0.4 is 16.0 Å². The molecule has 29 heavy (non-hydrogen) atoms. The fourth-order valence-corrected chi connectivity index (χ4v) is 2.99. The number of hydrogen-bond donors (Lipinski definition) is 3. The molecule has 8 nitrogen and oxygen atoms in total. The summed E-state index contributed by atoms with van der Waals surface area (Å²) in [6.45, 7) is 2.88. The molecule has 3 N–H and O–H groups in total. The Morgan fingerprint density at radius 3 is 2.83 bits per heavy atom. The molecule has 3 rings (SSSR count). The van der Waals surface area contributed by atoms with E-state index in [0.717, 1.165) is 27.2 Å². The van der Waals surface area contributed by atoms with Gasteiger partial charge in [0.15, 0.2) is 17.4 Å². The Morgan fingerprint density at radius 1 is 1.21 bits per heavy atom. The first-order chi connectivity index (χ1) is 13.6. The molecule has 0 atom stereocenters. The maximum Gasteiger partial charge on any atom is 0.226 e. The second-order valence-corrected chi connectivity index (χ2v) is 7.07. The first-order valence-corrected chi connectivity index (χ1v) is 9.65. The summed E-state index contributed by atoms with van der Waals surface area (Å²) >= 11 is 3.42. The zero-order valence-corrected chi connectivity index (χ0v) is 20.1. The molecule has 0 aliphatic carbocycles. The largest absolute Gasteiger partial charge is 0.356 e. The number of amides is 1. The minimum Gasteiger partial charge on any atom is -0.356 e. The summed E-state index contributed by atoms with van der Waals surface area (Å²) in [5.74, 6) is 1.31. The number of carbonyl (C=O) groups is 1. The SMILES string of the molecule is CN=C(NCCC(=O)Nc1cc(Br)ccc1C)NCc1nnc2ccccn12.I. The second kappa shape index (κ2) is 11.1. The summed E-state index contributed by atoms with van der Waals surface area (Å²) in [7, 11) is 1.68. The summed E-state index contributed by atoms with van der Waals surface area (Å²) in [5.41, 5.74) is 2.62. The molecule has 0 unspecified atom stereocenters. The lowest BCUT2D eigenvalue weighted by Crippen LogP contribution is -2.38. The van der Waals surface area contributed by atoms with E-state index in [1.54, 1.807) is 7.05 Å². The number of fused-ring (bicyclic) bond motifs is 1. The van der Waals surface area contributed by atoms with Crippen molar-refractivity contribution in [1.82, 2.24) is 25.2 Å². The number of aromatic nitrogens is 3. The van der Waals surface area contributed by atoms with Crippen LogP contribution in [0.5, 0.6) is 0 Å². The number of halogens is 2. The number of guanidine groups is 1. The number of anilines is 1. The Hall–Kier alpha value is -2.21. The molecule has 0 radical (unpaired) electrons. The molecule has 2 aromatic heterocycles. The molecule has 0 fully saturated rings. The molecule has 0 saturated heterocycles. The third-order valence-electron chi connectivity index (χ3n) is 4.14. The monoisotopic (exact) mass is 571 g/mol. The van der Waals surface area contributed by atoms with Gasteiger partial charge in [-0.3, -0.25) is 14.2 Å². The summed E-state index contributed by atoms with van der Waals surface area (Å²) in [4.78, 5) is 16.4. The normalized spacial score (nSPS) is 11.1. The Morgan fingerprint density at radius 2 is 2.03 bits per heavy atom. The highest BCUT2D eigenvalue weighted by molar-refractivity contribution is 14.0. The van der Waals surface area contributed by atoms with Gasteiger partial charge in [-0.05, 0) is 36.8 Å². The van der Waals surface area contributed by atoms with Gasteiger partial charge in [0.25, 0.3) is 0 Å². The Kier molecular flexibility index (Phi) is 8.83. The quantitative estimate of drug-likeness (QED) is 0.240. The first-order valence-electron chi connectivity index (χ1n) is 8.86. The molecular formula is C19H23BrIN7O. The van der Waals surface area contributed by atoms with Gasteiger partial charge in [0.05, 0.1) is 6.54 Å². The van der Waals surface area contributed by atoms with E-state index in [2.05, 4.69) is 47.1 Å². The lowest BCUT2D eigenvalue weighted by molar-refractivity contribution is -0.116. The minimum atomic E-state index is -0.0624. The van der Waals surface area contributed by atoms with Gasteiger partial charge in [0.2, 0.25) is 5.91 Å². The van der Waals surface area contributed by atoms with E-state index in [9.17, 15) is 4.79 Å². The van der Waals surface area contributed by atoms with Crippen molar-refractivity contribution in [1.29, 1.82) is 0 Å². The van der Waals surface area contributed by atoms with E-state index < -0.39 is 0 Å². The molecule has 0 aliphatic heterocycles. The molecule has 1 aromatic carbocycles. The van der Waals surface area contributed by atoms with Crippen molar-refractivity contribution in [3.8, 4) is 0 Å². The number of pyridine rings is 1. The summed E-state index contributed by atoms with van der Waals surface area (Å²) < 4.78 is 2.84. The van der Waals surface area contributed by atoms with Crippen molar-refractivity contribution in [3.05, 3.63) is 58.5 Å². The average molecular weight is 572 g/mol. The number of aryl methyl sites for hydroxylation is 1. The van der Waals surface area contributed by atoms with Crippen molar-refractivity contribution < 1.29 is 4.79 Å². The van der Waals surface area contributed by atoms with Gasteiger partial charge in [-0.15, -0.1) is 34.2 Å². The maximum atomic E-state index is 12.2. The van der Waals surface area contributed by atoms with Gasteiger partial charge < -0.3 is 16.0 Å². The van der Waals surface area contributed by atoms with Crippen LogP contribution in [0.3, 0.4) is 0 Å². The van der Waals surface area contributed by atoms with E-state index in [0.29, 0.717) is 25.5 Å². The average Bonchev–Trinajstić information content (AvgIpc) is 3.10. The number of benzene rings is 1. The molecular weight excluding hydrogens is 549 g/mol. The van der Waals surface area contributed by atoms with Crippen LogP contribution in [0.4, 0.5) is 5.69 Å². The van der Waals surface area contributed by atoms with E-state index >= 15 is 0 Å². The topological polar surface area (TPSA) is 95.7 Å². The molecule has 0 saturated carbocycles. The van der Waals surface area contributed by atoms with Crippen LogP contribution in [0.15, 0.2) is 52.1 Å². The van der Waals surface area contributed by atoms with Gasteiger partial charge in [-0.2, -0.15) is 0 Å². The van der Waals surface area contributed by atoms with Gasteiger partial charge in [-0.1, -0.05) is 28.1 Å². The lowest BCUT2D eigenvalue weighted by Gasteiger charge is -2.12. The zero-order valence-electron chi connectivity index (χ0n) is 16.1. The van der Waals surface area contributed by atoms with Crippen molar-refractivity contribution >= 4 is 63.1 Å². The van der Waals surface area contributed by atoms with Crippen molar-refractivity contribution in [2.75, 3.05) is 18.9 Å². The minimum absolute atomic E-state index is 0. The zero-order chi connectivity index (χ0) is 19.9. The maximum absolute atomic E-state index is 12.2. The predicted octanol–water partition coefficient (Wildman–Crippen LogP) is 3.11. The standard InChI is InChI=1S/C19H22BrN7O.HI/c1-13-6-7-14(20)11-15(13)24-18(28)8-9-22-19(21-2)23-12-17-26-25-16-5-3-4-10-27(16)17;/h3-7,10-11H,8-9,12H2,1-2H3,(H,24,28)(H2,21,22,23);1H. The lowest BCUT2D eigenvalue weighted by atomic mass is 10.2. The Labute approximate surface area is 194 Å². The fourth-order valence-electron chi connectivity index (χ4n) is 2.63. The number of carbonyl (C=O) groups excluding carboxylic acids is 1. The van der Waals surface area contributed by atoms with Crippen LogP contribution in [-0.2, 0) is 11.3 Å². The van der Waals surface area contributed by atoms with E-state index in [1.165, 1.54) is 0 Å². The van der Waals surface area contributed by atoms with Crippen LogP contribution in [0, 0.1) is 6.92 Å². The third-order valence-corrected chi connectivity index (χ3v) is 4.63. The van der Waals surface area contributed by atoms with Gasteiger partial charge in [0.1, 0.15) is 0 Å². The van der Waals surface area contributed by atoms with Crippen molar-refractivity contribution in [2.24, 2.45) is 4.99 Å². The molecule has 0 spiro atoms. The number of aliphatic imine (C=N–C) groups is 1. The van der Waals surface area contributed by atoms with E-state index in [4.69, 9.17) is 0 Å². The Bertz CT molecular complexity index is 1010. The fraction of sp³-hybridized carbons (Fsp3) is 0.263. The number of nitrogens with one attached hydrogen (secondary N) is 3. The van der Waals surface area contributed by atoms with E-state index in [1.807, 2.05) is 53.9 Å². The molecule has 3 aromatic rings. The molecule has 10 heteroatoms. The van der Waals surface area contributed by atoms with Crippen LogP contribution in [0.25, 0.3) is 5.65 Å². The second-order valence-electron chi connectivity index (χ2n) is 6.16. The molecule has 0 aliphatic rings. The van der Waals surface area contributed by atoms with Crippen LogP contribution in [0.2, 0.25) is 0 Å². The van der Waals surface area contributed by atoms with Gasteiger partial charge in [-0.25, -0.2) is 0 Å². The third kappa shape index (κ3) is 6.39. The predicted molar refractivity (Wildman–Crippen MR) is 129 cm³/mol. The van der Waals surface area contributed by atoms with Crippen LogP contribution in [0.1, 0.15) is 17.8 Å². The summed E-state index contributed by atoms with van der Waals surface area (Å²) in [5, 5.41) is 17.5.